The standard InChI is InChI=1S/C6H8N2O3/c1-2-3-4(9)5(8-7)6(10)11/h7H,2-3H2,1H3. The summed E-state index contributed by atoms with van der Waals surface area (Å²) in [6.45, 7) is 1.73. The third-order valence-corrected chi connectivity index (χ3v) is 1.05. The highest BCUT2D eigenvalue weighted by atomic mass is 16.4. The molecule has 5 nitrogen and oxygen atoms in total. The second-order valence-electron chi connectivity index (χ2n) is 1.92. The van der Waals surface area contributed by atoms with E-state index in [2.05, 4.69) is 4.79 Å². The van der Waals surface area contributed by atoms with Crippen LogP contribution in [0.1, 0.15) is 19.8 Å². The maximum Gasteiger partial charge on any atom is 0.429 e. The lowest BCUT2D eigenvalue weighted by atomic mass is 10.1. The molecule has 0 saturated heterocycles. The van der Waals surface area contributed by atoms with Crippen LogP contribution >= 0.6 is 0 Å². The van der Waals surface area contributed by atoms with E-state index in [9.17, 15) is 14.7 Å². The molecule has 0 spiro atoms. The first-order chi connectivity index (χ1) is 5.13. The molecule has 0 aromatic carbocycles. The number of rotatable bonds is 4. The van der Waals surface area contributed by atoms with Gasteiger partial charge < -0.3 is 9.90 Å². The monoisotopic (exact) mass is 156 g/mol. The van der Waals surface area contributed by atoms with E-state index in [0.29, 0.717) is 6.42 Å². The zero-order valence-corrected chi connectivity index (χ0v) is 6.09. The molecule has 0 radical (unpaired) electrons. The van der Waals surface area contributed by atoms with Crippen LogP contribution in [0.2, 0.25) is 0 Å². The number of aliphatic carboxylic acids is 1. The van der Waals surface area contributed by atoms with E-state index in [-0.39, 0.29) is 6.42 Å². The number of carbonyl (C=O) groups excluding carboxylic acids is 2. The number of carboxylic acids is 1. The number of ketones is 1. The van der Waals surface area contributed by atoms with Gasteiger partial charge in [0.05, 0.1) is 10.3 Å². The van der Waals surface area contributed by atoms with Crippen molar-refractivity contribution in [2.24, 2.45) is 0 Å². The number of Topliss-reactive ketones (excluding diaryl/α,β-unsaturated/α-hetero) is 1. The van der Waals surface area contributed by atoms with E-state index in [1.54, 1.807) is 6.92 Å². The molecule has 0 unspecified atom stereocenters. The van der Waals surface area contributed by atoms with Gasteiger partial charge >= 0.3 is 5.71 Å². The molecular weight excluding hydrogens is 148 g/mol. The predicted molar refractivity (Wildman–Crippen MR) is 32.9 cm³/mol. The number of carboxylic acid groups (broad SMARTS) is 1. The number of hydrogen-bond acceptors (Lipinski definition) is 4. The van der Waals surface area contributed by atoms with Crippen molar-refractivity contribution in [2.45, 2.75) is 19.8 Å². The Morgan fingerprint density at radius 1 is 1.55 bits per heavy atom. The van der Waals surface area contributed by atoms with Crippen molar-refractivity contribution < 1.29 is 19.5 Å². The minimum atomic E-state index is -1.68. The first kappa shape index (κ1) is 9.52. The largest absolute Gasteiger partial charge is 0.538 e. The molecule has 0 aliphatic rings. The molecule has 0 aliphatic heterocycles. The fourth-order valence-electron chi connectivity index (χ4n) is 0.567. The van der Waals surface area contributed by atoms with Gasteiger partial charge in [-0.1, -0.05) is 6.92 Å². The molecule has 0 aromatic rings. The van der Waals surface area contributed by atoms with Gasteiger partial charge in [-0.2, -0.15) is 0 Å². The Kier molecular flexibility index (Phi) is 3.77. The van der Waals surface area contributed by atoms with Gasteiger partial charge in [0.2, 0.25) is 0 Å². The average Bonchev–Trinajstić information content (AvgIpc) is 1.88. The van der Waals surface area contributed by atoms with Gasteiger partial charge in [-0.3, -0.25) is 4.79 Å². The molecule has 0 saturated carbocycles. The van der Waals surface area contributed by atoms with Gasteiger partial charge in [-0.25, -0.2) is 0 Å². The third kappa shape index (κ3) is 2.73. The van der Waals surface area contributed by atoms with Crippen molar-refractivity contribution in [1.82, 2.24) is 0 Å². The Labute approximate surface area is 63.3 Å². The molecule has 0 aliphatic carbocycles. The Balaban J connectivity index is 4.42. The Morgan fingerprint density at radius 2 is 2.09 bits per heavy atom. The van der Waals surface area contributed by atoms with E-state index >= 15 is 0 Å². The van der Waals surface area contributed by atoms with Crippen molar-refractivity contribution in [1.29, 1.82) is 5.53 Å². The molecular formula is C6H8N2O3. The molecule has 0 atom stereocenters. The molecule has 60 valence electrons. The Bertz CT molecular complexity index is 228. The second kappa shape index (κ2) is 4.35. The number of carbonyl (C=O) groups is 2. The molecule has 5 heteroatoms. The molecule has 11 heavy (non-hydrogen) atoms. The van der Waals surface area contributed by atoms with Crippen LogP contribution < -0.4 is 5.11 Å². The molecule has 0 heterocycles. The summed E-state index contributed by atoms with van der Waals surface area (Å²) in [4.78, 5) is 23.4. The highest BCUT2D eigenvalue weighted by Gasteiger charge is 2.22. The van der Waals surface area contributed by atoms with Crippen LogP contribution in [0, 0.1) is 5.53 Å². The lowest BCUT2D eigenvalue weighted by Gasteiger charge is -1.90. The summed E-state index contributed by atoms with van der Waals surface area (Å²) in [5.74, 6) is -2.33. The van der Waals surface area contributed by atoms with Crippen molar-refractivity contribution in [3.63, 3.8) is 0 Å². The van der Waals surface area contributed by atoms with Gasteiger partial charge in [0.25, 0.3) is 5.78 Å². The van der Waals surface area contributed by atoms with Gasteiger partial charge in [0.15, 0.2) is 5.97 Å². The molecule has 0 bridgehead atoms. The summed E-state index contributed by atoms with van der Waals surface area (Å²) in [7, 11) is 0. The molecule has 0 rings (SSSR count). The van der Waals surface area contributed by atoms with Crippen LogP contribution in [0.25, 0.3) is 0 Å². The maximum absolute atomic E-state index is 10.7. The second-order valence-corrected chi connectivity index (χ2v) is 1.92. The first-order valence-corrected chi connectivity index (χ1v) is 3.12. The summed E-state index contributed by atoms with van der Waals surface area (Å²) in [6, 6.07) is 0. The van der Waals surface area contributed by atoms with Crippen LogP contribution in [0.3, 0.4) is 0 Å². The summed E-state index contributed by atoms with van der Waals surface area (Å²) in [6.07, 6.45) is 0.622. The quantitative estimate of drug-likeness (QED) is 0.239. The van der Waals surface area contributed by atoms with Crippen molar-refractivity contribution >= 4 is 17.5 Å². The fraction of sp³-hybridized carbons (Fsp3) is 0.500. The van der Waals surface area contributed by atoms with Crippen LogP contribution in [-0.4, -0.2) is 22.3 Å². The lowest BCUT2D eigenvalue weighted by molar-refractivity contribution is -0.298. The Hall–Kier alpha value is -1.48. The Morgan fingerprint density at radius 3 is 2.36 bits per heavy atom. The number of nitrogens with one attached hydrogen (secondary N) is 1. The van der Waals surface area contributed by atoms with Crippen LogP contribution in [0.15, 0.2) is 0 Å². The van der Waals surface area contributed by atoms with E-state index in [4.69, 9.17) is 5.53 Å². The smallest absolute Gasteiger partial charge is 0.429 e. The first-order valence-electron chi connectivity index (χ1n) is 3.12. The lowest BCUT2D eigenvalue weighted by Crippen LogP contribution is -2.37. The minimum Gasteiger partial charge on any atom is -0.538 e. The molecule has 0 amide bonds. The van der Waals surface area contributed by atoms with Crippen molar-refractivity contribution in [3.05, 3.63) is 0 Å². The molecule has 0 aromatic heterocycles. The molecule has 1 N–H and O–H groups in total. The number of nitrogens with zero attached hydrogens (tertiary/aromatic N) is 1. The normalized spacial score (nSPS) is 8.45. The summed E-state index contributed by atoms with van der Waals surface area (Å²) < 4.78 is 0. The zero-order chi connectivity index (χ0) is 8.85. The highest BCUT2D eigenvalue weighted by Crippen LogP contribution is 1.89. The fourth-order valence-corrected chi connectivity index (χ4v) is 0.567. The molecule has 0 fully saturated rings. The van der Waals surface area contributed by atoms with Crippen molar-refractivity contribution in [2.75, 3.05) is 0 Å². The van der Waals surface area contributed by atoms with Gasteiger partial charge in [0.1, 0.15) is 0 Å². The highest BCUT2D eigenvalue weighted by molar-refractivity contribution is 6.61. The zero-order valence-electron chi connectivity index (χ0n) is 6.09. The summed E-state index contributed by atoms with van der Waals surface area (Å²) in [5, 5.41) is 10.1. The maximum atomic E-state index is 10.7. The number of hydrogen-bond donors (Lipinski definition) is 1. The van der Waals surface area contributed by atoms with Crippen molar-refractivity contribution in [3.8, 4) is 0 Å². The van der Waals surface area contributed by atoms with E-state index < -0.39 is 17.5 Å². The van der Waals surface area contributed by atoms with E-state index in [0.717, 1.165) is 0 Å². The van der Waals surface area contributed by atoms with Gasteiger partial charge in [-0.15, -0.1) is 0 Å². The van der Waals surface area contributed by atoms with Crippen LogP contribution in [-0.2, 0) is 9.59 Å². The van der Waals surface area contributed by atoms with Crippen LogP contribution in [0.5, 0.6) is 0 Å². The average molecular weight is 156 g/mol. The SMILES string of the molecule is CCCC(=O)C(=[N+]=N)C(=O)[O-]. The van der Waals surface area contributed by atoms with Crippen LogP contribution in [0.4, 0.5) is 0 Å². The predicted octanol–water partition coefficient (Wildman–Crippen LogP) is -1.21. The minimum absolute atomic E-state index is 0.0890. The third-order valence-electron chi connectivity index (χ3n) is 1.05. The summed E-state index contributed by atoms with van der Waals surface area (Å²) >= 11 is 0. The summed E-state index contributed by atoms with van der Waals surface area (Å²) in [5.41, 5.74) is 5.55. The van der Waals surface area contributed by atoms with E-state index in [1.165, 1.54) is 0 Å². The topological polar surface area (TPSA) is 95.2 Å². The van der Waals surface area contributed by atoms with Gasteiger partial charge in [-0.05, 0) is 6.42 Å². The van der Waals surface area contributed by atoms with E-state index in [1.807, 2.05) is 0 Å². The van der Waals surface area contributed by atoms with Gasteiger partial charge in [0, 0.05) is 6.42 Å².